The first-order chi connectivity index (χ1) is 10.1. The average molecular weight is 330 g/mol. The molecule has 0 aromatic carbocycles. The monoisotopic (exact) mass is 330 g/mol. The number of nitrogens with two attached hydrogens (primary N) is 2. The standard InChI is InChI=1S/C6H13NO2.C3H8O3.C2H5NO2.CH4O/c1-4(2)3-5(7)6(8)9;4-1-3(6)2-5;3-1-2(4)5;1-2/h4-5H,3,7H2,1-2H3,(H,8,9);3-6H,1-2H2;1,3H2,(H,4,5);2H,1H3. The summed E-state index contributed by atoms with van der Waals surface area (Å²) in [6, 6.07) is -0.690. The molecule has 0 aliphatic rings. The van der Waals surface area contributed by atoms with E-state index in [1.165, 1.54) is 0 Å². The summed E-state index contributed by atoms with van der Waals surface area (Å²) in [5, 5.41) is 46.9. The van der Waals surface area contributed by atoms with Gasteiger partial charge in [-0.2, -0.15) is 0 Å². The van der Waals surface area contributed by atoms with E-state index >= 15 is 0 Å². The second kappa shape index (κ2) is 22.0. The fourth-order valence-corrected chi connectivity index (χ4v) is 0.666. The first-order valence-corrected chi connectivity index (χ1v) is 6.36. The van der Waals surface area contributed by atoms with Crippen molar-refractivity contribution in [2.45, 2.75) is 32.4 Å². The Morgan fingerprint density at radius 2 is 1.36 bits per heavy atom. The second-order valence-electron chi connectivity index (χ2n) is 4.19. The van der Waals surface area contributed by atoms with Gasteiger partial charge in [-0.25, -0.2) is 0 Å². The van der Waals surface area contributed by atoms with Gasteiger partial charge >= 0.3 is 11.9 Å². The molecule has 0 spiro atoms. The molecule has 0 aliphatic carbocycles. The zero-order valence-electron chi connectivity index (χ0n) is 13.2. The van der Waals surface area contributed by atoms with E-state index in [1.807, 2.05) is 13.8 Å². The summed E-state index contributed by atoms with van der Waals surface area (Å²) in [7, 11) is 1.00. The van der Waals surface area contributed by atoms with Crippen LogP contribution in [0.25, 0.3) is 0 Å². The molecule has 0 bridgehead atoms. The molecular formula is C12H30N2O8. The Balaban J connectivity index is -0.000000109. The van der Waals surface area contributed by atoms with Crippen molar-refractivity contribution < 1.29 is 40.2 Å². The SMILES string of the molecule is CC(C)CC(N)C(=O)O.CO.NCC(=O)O.OCC(O)CO. The lowest BCUT2D eigenvalue weighted by Crippen LogP contribution is -2.31. The minimum atomic E-state index is -0.968. The molecule has 0 heterocycles. The molecule has 1 unspecified atom stereocenters. The number of carboxylic acid groups (broad SMARTS) is 2. The third-order valence-corrected chi connectivity index (χ3v) is 1.64. The van der Waals surface area contributed by atoms with Crippen LogP contribution >= 0.6 is 0 Å². The van der Waals surface area contributed by atoms with Crippen molar-refractivity contribution in [3.63, 3.8) is 0 Å². The fraction of sp³-hybridized carbons (Fsp3) is 0.833. The first kappa shape index (κ1) is 28.8. The van der Waals surface area contributed by atoms with Crippen molar-refractivity contribution >= 4 is 11.9 Å². The first-order valence-electron chi connectivity index (χ1n) is 6.36. The Morgan fingerprint density at radius 1 is 1.05 bits per heavy atom. The van der Waals surface area contributed by atoms with E-state index in [1.54, 1.807) is 0 Å². The van der Waals surface area contributed by atoms with Crippen molar-refractivity contribution in [2.24, 2.45) is 17.4 Å². The van der Waals surface area contributed by atoms with Crippen LogP contribution in [0.3, 0.4) is 0 Å². The van der Waals surface area contributed by atoms with Crippen LogP contribution in [0, 0.1) is 5.92 Å². The van der Waals surface area contributed by atoms with E-state index in [-0.39, 0.29) is 19.8 Å². The number of hydrogen-bond donors (Lipinski definition) is 8. The molecule has 0 aromatic rings. The summed E-state index contributed by atoms with van der Waals surface area (Å²) in [6.45, 7) is 2.89. The molecule has 0 aliphatic heterocycles. The quantitative estimate of drug-likeness (QED) is 0.255. The Bertz CT molecular complexity index is 247. The third kappa shape index (κ3) is 36.3. The van der Waals surface area contributed by atoms with Crippen LogP contribution < -0.4 is 11.5 Å². The van der Waals surface area contributed by atoms with Gasteiger partial charge in [-0.3, -0.25) is 9.59 Å². The molecule has 0 radical (unpaired) electrons. The van der Waals surface area contributed by atoms with Gasteiger partial charge in [0.1, 0.15) is 12.1 Å². The summed E-state index contributed by atoms with van der Waals surface area (Å²) in [4.78, 5) is 19.4. The van der Waals surface area contributed by atoms with E-state index in [0.29, 0.717) is 12.3 Å². The smallest absolute Gasteiger partial charge is 0.320 e. The molecule has 1 atom stereocenters. The van der Waals surface area contributed by atoms with Crippen LogP contribution in [0.5, 0.6) is 0 Å². The van der Waals surface area contributed by atoms with E-state index in [2.05, 4.69) is 5.73 Å². The molecule has 0 saturated carbocycles. The van der Waals surface area contributed by atoms with Crippen molar-refractivity contribution in [1.29, 1.82) is 0 Å². The van der Waals surface area contributed by atoms with Crippen LogP contribution in [0.4, 0.5) is 0 Å². The summed E-state index contributed by atoms with van der Waals surface area (Å²) < 4.78 is 0. The van der Waals surface area contributed by atoms with Crippen molar-refractivity contribution in [3.05, 3.63) is 0 Å². The van der Waals surface area contributed by atoms with Crippen molar-refractivity contribution in [1.82, 2.24) is 0 Å². The minimum Gasteiger partial charge on any atom is -0.480 e. The van der Waals surface area contributed by atoms with Gasteiger partial charge < -0.3 is 42.1 Å². The average Bonchev–Trinajstić information content (AvgIpc) is 2.48. The van der Waals surface area contributed by atoms with Gasteiger partial charge in [-0.15, -0.1) is 0 Å². The van der Waals surface area contributed by atoms with Crippen LogP contribution in [0.1, 0.15) is 20.3 Å². The van der Waals surface area contributed by atoms with Gasteiger partial charge in [0.05, 0.1) is 19.8 Å². The Labute approximate surface area is 130 Å². The van der Waals surface area contributed by atoms with Gasteiger partial charge in [-0.1, -0.05) is 13.8 Å². The highest BCUT2D eigenvalue weighted by Crippen LogP contribution is 2.01. The summed E-state index contributed by atoms with van der Waals surface area (Å²) in [6.07, 6.45) is -0.403. The second-order valence-corrected chi connectivity index (χ2v) is 4.19. The maximum absolute atomic E-state index is 10.1. The lowest BCUT2D eigenvalue weighted by Gasteiger charge is -2.07. The number of carbonyl (C=O) groups is 2. The summed E-state index contributed by atoms with van der Waals surface area (Å²) >= 11 is 0. The largest absolute Gasteiger partial charge is 0.480 e. The van der Waals surface area contributed by atoms with Crippen LogP contribution in [-0.4, -0.2) is 81.6 Å². The molecule has 0 amide bonds. The Hall–Kier alpha value is -1.30. The van der Waals surface area contributed by atoms with E-state index < -0.39 is 24.1 Å². The lowest BCUT2D eigenvalue weighted by atomic mass is 10.1. The maximum Gasteiger partial charge on any atom is 0.320 e. The molecule has 0 aromatic heterocycles. The molecular weight excluding hydrogens is 300 g/mol. The van der Waals surface area contributed by atoms with Crippen molar-refractivity contribution in [2.75, 3.05) is 26.9 Å². The highest BCUT2D eigenvalue weighted by atomic mass is 16.4. The highest BCUT2D eigenvalue weighted by molar-refractivity contribution is 5.72. The van der Waals surface area contributed by atoms with E-state index in [4.69, 9.17) is 36.4 Å². The summed E-state index contributed by atoms with van der Waals surface area (Å²) in [5.41, 5.74) is 9.79. The molecule has 0 fully saturated rings. The van der Waals surface area contributed by atoms with E-state index in [9.17, 15) is 9.59 Å². The Kier molecular flexibility index (Phi) is 28.8. The normalized spacial score (nSPS) is 10.3. The molecule has 10 N–H and O–H groups in total. The summed E-state index contributed by atoms with van der Waals surface area (Å²) in [5.74, 6) is -1.52. The van der Waals surface area contributed by atoms with Gasteiger partial charge in [0.2, 0.25) is 0 Å². The third-order valence-electron chi connectivity index (χ3n) is 1.64. The topological polar surface area (TPSA) is 208 Å². The van der Waals surface area contributed by atoms with E-state index in [0.717, 1.165) is 7.11 Å². The van der Waals surface area contributed by atoms with Gasteiger partial charge in [0.15, 0.2) is 0 Å². The molecule has 10 nitrogen and oxygen atoms in total. The molecule has 22 heavy (non-hydrogen) atoms. The zero-order valence-corrected chi connectivity index (χ0v) is 13.2. The molecule has 0 rings (SSSR count). The number of carboxylic acids is 2. The minimum absolute atomic E-state index is 0.278. The fourth-order valence-electron chi connectivity index (χ4n) is 0.666. The Morgan fingerprint density at radius 3 is 1.41 bits per heavy atom. The number of rotatable bonds is 6. The molecule has 136 valence electrons. The van der Waals surface area contributed by atoms with Gasteiger partial charge in [-0.05, 0) is 12.3 Å². The van der Waals surface area contributed by atoms with Gasteiger partial charge in [0.25, 0.3) is 0 Å². The lowest BCUT2D eigenvalue weighted by molar-refractivity contribution is -0.139. The van der Waals surface area contributed by atoms with Gasteiger partial charge in [0, 0.05) is 7.11 Å². The molecule has 0 saturated heterocycles. The van der Waals surface area contributed by atoms with Crippen LogP contribution in [0.2, 0.25) is 0 Å². The van der Waals surface area contributed by atoms with Crippen LogP contribution in [0.15, 0.2) is 0 Å². The number of aliphatic carboxylic acids is 2. The van der Waals surface area contributed by atoms with Crippen LogP contribution in [-0.2, 0) is 9.59 Å². The zero-order chi connectivity index (χ0) is 18.7. The highest BCUT2D eigenvalue weighted by Gasteiger charge is 2.11. The predicted octanol–water partition coefficient (Wildman–Crippen LogP) is -2.59. The molecule has 10 heteroatoms. The predicted molar refractivity (Wildman–Crippen MR) is 80.1 cm³/mol. The number of aliphatic hydroxyl groups is 4. The number of hydrogen-bond acceptors (Lipinski definition) is 8. The maximum atomic E-state index is 10.1. The number of aliphatic hydroxyl groups excluding tert-OH is 4. The van der Waals surface area contributed by atoms with Crippen molar-refractivity contribution in [3.8, 4) is 0 Å².